The van der Waals surface area contributed by atoms with Crippen molar-refractivity contribution in [3.8, 4) is 0 Å². The molecule has 1 saturated heterocycles. The molecule has 1 fully saturated rings. The predicted octanol–water partition coefficient (Wildman–Crippen LogP) is 4.55. The summed E-state index contributed by atoms with van der Waals surface area (Å²) in [6.07, 6.45) is 2.84. The predicted molar refractivity (Wildman–Crippen MR) is 102 cm³/mol. The average molecular weight is 379 g/mol. The van der Waals surface area contributed by atoms with Gasteiger partial charge in [-0.05, 0) is 55.1 Å². The van der Waals surface area contributed by atoms with Gasteiger partial charge in [-0.3, -0.25) is 4.79 Å². The highest BCUT2D eigenvalue weighted by atomic mass is 35.5. The van der Waals surface area contributed by atoms with Crippen molar-refractivity contribution >= 4 is 35.0 Å². The average Bonchev–Trinajstić information content (AvgIpc) is 2.88. The lowest BCUT2D eigenvalue weighted by Crippen LogP contribution is -2.35. The Labute approximate surface area is 156 Å². The number of carbonyl (C=O) groups excluding carboxylic acids is 1. The van der Waals surface area contributed by atoms with Crippen molar-refractivity contribution in [3.05, 3.63) is 58.9 Å². The molecule has 0 radical (unpaired) electrons. The zero-order valence-electron chi connectivity index (χ0n) is 14.0. The van der Waals surface area contributed by atoms with Gasteiger partial charge in [-0.1, -0.05) is 11.6 Å². The minimum atomic E-state index is -0.237. The Morgan fingerprint density at radius 3 is 2.56 bits per heavy atom. The summed E-state index contributed by atoms with van der Waals surface area (Å²) in [5.41, 5.74) is 1.54. The van der Waals surface area contributed by atoms with Crippen LogP contribution < -0.4 is 4.90 Å². The first-order chi connectivity index (χ1) is 12.1. The van der Waals surface area contributed by atoms with Gasteiger partial charge in [0.1, 0.15) is 5.82 Å². The van der Waals surface area contributed by atoms with Gasteiger partial charge in [0, 0.05) is 36.8 Å². The number of anilines is 1. The van der Waals surface area contributed by atoms with Crippen molar-refractivity contribution < 1.29 is 9.18 Å². The minimum Gasteiger partial charge on any atom is -0.370 e. The van der Waals surface area contributed by atoms with Crippen LogP contribution in [0.1, 0.15) is 16.8 Å². The summed E-state index contributed by atoms with van der Waals surface area (Å²) in [5.74, 6) is -0.263. The molecule has 2 aromatic rings. The van der Waals surface area contributed by atoms with E-state index in [1.165, 1.54) is 12.1 Å². The molecule has 132 valence electrons. The molecule has 0 unspecified atom stereocenters. The fraction of sp³-hybridized carbons (Fsp3) is 0.316. The van der Waals surface area contributed by atoms with E-state index in [-0.39, 0.29) is 11.7 Å². The van der Waals surface area contributed by atoms with Crippen molar-refractivity contribution in [2.75, 3.05) is 37.3 Å². The van der Waals surface area contributed by atoms with Crippen molar-refractivity contribution in [1.29, 1.82) is 0 Å². The van der Waals surface area contributed by atoms with Crippen LogP contribution in [-0.2, 0) is 0 Å². The Morgan fingerprint density at radius 2 is 1.84 bits per heavy atom. The monoisotopic (exact) mass is 378 g/mol. The topological polar surface area (TPSA) is 23.6 Å². The molecule has 0 spiro atoms. The normalized spacial score (nSPS) is 15.2. The van der Waals surface area contributed by atoms with E-state index in [4.69, 9.17) is 11.6 Å². The number of benzene rings is 2. The molecule has 1 amide bonds. The first-order valence-corrected chi connectivity index (χ1v) is 9.82. The first kappa shape index (κ1) is 18.1. The van der Waals surface area contributed by atoms with Crippen LogP contribution in [0.3, 0.4) is 0 Å². The van der Waals surface area contributed by atoms with Gasteiger partial charge in [-0.25, -0.2) is 4.39 Å². The molecule has 3 rings (SSSR count). The number of nitrogens with zero attached hydrogens (tertiary/aromatic N) is 2. The van der Waals surface area contributed by atoms with Crippen LogP contribution in [-0.4, -0.2) is 43.2 Å². The number of rotatable bonds is 3. The van der Waals surface area contributed by atoms with E-state index >= 15 is 0 Å². The second-order valence-electron chi connectivity index (χ2n) is 5.95. The van der Waals surface area contributed by atoms with Crippen LogP contribution >= 0.6 is 23.4 Å². The zero-order chi connectivity index (χ0) is 17.8. The van der Waals surface area contributed by atoms with Crippen LogP contribution in [0.4, 0.5) is 10.1 Å². The van der Waals surface area contributed by atoms with E-state index in [1.807, 2.05) is 23.3 Å². The minimum absolute atomic E-state index is 0.0261. The molecule has 6 heteroatoms. The molecule has 2 aromatic carbocycles. The molecular weight excluding hydrogens is 359 g/mol. The van der Waals surface area contributed by atoms with Gasteiger partial charge in [0.25, 0.3) is 5.91 Å². The maximum Gasteiger partial charge on any atom is 0.255 e. The van der Waals surface area contributed by atoms with Crippen LogP contribution in [0, 0.1) is 5.82 Å². The molecule has 0 saturated carbocycles. The highest BCUT2D eigenvalue weighted by molar-refractivity contribution is 7.98. The highest BCUT2D eigenvalue weighted by Gasteiger charge is 2.22. The van der Waals surface area contributed by atoms with Gasteiger partial charge in [-0.15, -0.1) is 11.8 Å². The van der Waals surface area contributed by atoms with Gasteiger partial charge in [0.2, 0.25) is 0 Å². The lowest BCUT2D eigenvalue weighted by molar-refractivity contribution is 0.0767. The first-order valence-electron chi connectivity index (χ1n) is 8.22. The summed E-state index contributed by atoms with van der Waals surface area (Å²) in [6.45, 7) is 2.87. The van der Waals surface area contributed by atoms with Gasteiger partial charge in [0.05, 0.1) is 10.6 Å². The van der Waals surface area contributed by atoms with Crippen LogP contribution in [0.2, 0.25) is 5.02 Å². The van der Waals surface area contributed by atoms with E-state index < -0.39 is 0 Å². The number of hydrogen-bond acceptors (Lipinski definition) is 3. The summed E-state index contributed by atoms with van der Waals surface area (Å²) in [7, 11) is 0. The molecule has 0 aromatic heterocycles. The van der Waals surface area contributed by atoms with E-state index in [1.54, 1.807) is 30.0 Å². The molecule has 0 aliphatic carbocycles. The second kappa shape index (κ2) is 8.11. The standard InChI is InChI=1S/C19H20ClFN2OS/c1-25-16-7-8-18(20)17(13-16)19(24)23-10-2-9-22(11-12-23)15-5-3-14(21)4-6-15/h3-8,13H,2,9-12H2,1H3. The number of carbonyl (C=O) groups is 1. The molecule has 1 aliphatic rings. The summed E-state index contributed by atoms with van der Waals surface area (Å²) >= 11 is 7.84. The lowest BCUT2D eigenvalue weighted by Gasteiger charge is -2.24. The molecule has 3 nitrogen and oxygen atoms in total. The molecule has 25 heavy (non-hydrogen) atoms. The summed E-state index contributed by atoms with van der Waals surface area (Å²) in [5, 5.41) is 0.488. The number of thioether (sulfide) groups is 1. The van der Waals surface area contributed by atoms with Gasteiger partial charge >= 0.3 is 0 Å². The fourth-order valence-electron chi connectivity index (χ4n) is 3.00. The van der Waals surface area contributed by atoms with Crippen molar-refractivity contribution in [2.24, 2.45) is 0 Å². The Bertz CT molecular complexity index is 754. The van der Waals surface area contributed by atoms with Gasteiger partial charge < -0.3 is 9.80 Å². The maximum absolute atomic E-state index is 13.1. The van der Waals surface area contributed by atoms with E-state index in [2.05, 4.69) is 4.90 Å². The molecule has 0 atom stereocenters. The summed E-state index contributed by atoms with van der Waals surface area (Å²) in [4.78, 5) is 18.0. The Balaban J connectivity index is 1.72. The second-order valence-corrected chi connectivity index (χ2v) is 7.24. The Kier molecular flexibility index (Phi) is 5.86. The maximum atomic E-state index is 13.1. The van der Waals surface area contributed by atoms with E-state index in [9.17, 15) is 9.18 Å². The van der Waals surface area contributed by atoms with Crippen LogP contribution in [0.25, 0.3) is 0 Å². The number of amides is 1. The summed E-state index contributed by atoms with van der Waals surface area (Å²) in [6, 6.07) is 12.1. The molecule has 1 aliphatic heterocycles. The third kappa shape index (κ3) is 4.28. The molecule has 1 heterocycles. The molecule has 0 bridgehead atoms. The third-order valence-electron chi connectivity index (χ3n) is 4.38. The molecule has 0 N–H and O–H groups in total. The fourth-order valence-corrected chi connectivity index (χ4v) is 3.63. The van der Waals surface area contributed by atoms with Gasteiger partial charge in [-0.2, -0.15) is 0 Å². The third-order valence-corrected chi connectivity index (χ3v) is 5.43. The zero-order valence-corrected chi connectivity index (χ0v) is 15.6. The van der Waals surface area contributed by atoms with Crippen molar-refractivity contribution in [1.82, 2.24) is 4.90 Å². The smallest absolute Gasteiger partial charge is 0.255 e. The van der Waals surface area contributed by atoms with Gasteiger partial charge in [0.15, 0.2) is 0 Å². The van der Waals surface area contributed by atoms with Crippen LogP contribution in [0.15, 0.2) is 47.4 Å². The Hall–Kier alpha value is -1.72. The molecular formula is C19H20ClFN2OS. The van der Waals surface area contributed by atoms with Crippen molar-refractivity contribution in [2.45, 2.75) is 11.3 Å². The number of hydrogen-bond donors (Lipinski definition) is 0. The largest absolute Gasteiger partial charge is 0.370 e. The quantitative estimate of drug-likeness (QED) is 0.732. The van der Waals surface area contributed by atoms with E-state index in [0.717, 1.165) is 30.1 Å². The van der Waals surface area contributed by atoms with E-state index in [0.29, 0.717) is 23.7 Å². The highest BCUT2D eigenvalue weighted by Crippen LogP contribution is 2.25. The Morgan fingerprint density at radius 1 is 1.08 bits per heavy atom. The van der Waals surface area contributed by atoms with Crippen LogP contribution in [0.5, 0.6) is 0 Å². The number of halogens is 2. The van der Waals surface area contributed by atoms with Crippen molar-refractivity contribution in [3.63, 3.8) is 0 Å². The summed E-state index contributed by atoms with van der Waals surface area (Å²) < 4.78 is 13.1. The lowest BCUT2D eigenvalue weighted by atomic mass is 10.2. The SMILES string of the molecule is CSc1ccc(Cl)c(C(=O)N2CCCN(c3ccc(F)cc3)CC2)c1.